The highest BCUT2D eigenvalue weighted by atomic mass is 32.2. The van der Waals surface area contributed by atoms with Crippen molar-refractivity contribution < 1.29 is 8.76 Å². The van der Waals surface area contributed by atoms with E-state index in [1.807, 2.05) is 12.1 Å². The Morgan fingerprint density at radius 2 is 1.83 bits per heavy atom. The molecular formula is C13H19N2O2S-. The fourth-order valence-electron chi connectivity index (χ4n) is 1.95. The lowest BCUT2D eigenvalue weighted by Crippen LogP contribution is -2.03. The van der Waals surface area contributed by atoms with Crippen molar-refractivity contribution in [2.75, 3.05) is 16.6 Å². The first-order chi connectivity index (χ1) is 8.74. The van der Waals surface area contributed by atoms with Gasteiger partial charge in [0.2, 0.25) is 0 Å². The summed E-state index contributed by atoms with van der Waals surface area (Å²) in [6.07, 6.45) is 6.74. The molecule has 0 aliphatic heterocycles. The maximum absolute atomic E-state index is 10.4. The summed E-state index contributed by atoms with van der Waals surface area (Å²) in [5, 5.41) is 3.34. The van der Waals surface area contributed by atoms with Crippen molar-refractivity contribution in [1.29, 1.82) is 0 Å². The second kappa shape index (κ2) is 6.75. The molecule has 0 amide bonds. The van der Waals surface area contributed by atoms with Crippen LogP contribution in [0.5, 0.6) is 0 Å². The van der Waals surface area contributed by atoms with Gasteiger partial charge in [-0.2, -0.15) is 0 Å². The third kappa shape index (κ3) is 5.06. The van der Waals surface area contributed by atoms with Gasteiger partial charge in [0.05, 0.1) is 0 Å². The fraction of sp³-hybridized carbons (Fsp3) is 0.538. The number of hydrogen-bond donors (Lipinski definition) is 2. The molecule has 1 fully saturated rings. The zero-order valence-corrected chi connectivity index (χ0v) is 11.2. The van der Waals surface area contributed by atoms with Crippen molar-refractivity contribution in [3.63, 3.8) is 0 Å². The maximum Gasteiger partial charge on any atom is 0.0453 e. The molecule has 0 saturated heterocycles. The highest BCUT2D eigenvalue weighted by Gasteiger charge is 2.19. The second-order valence-electron chi connectivity index (χ2n) is 4.78. The minimum Gasteiger partial charge on any atom is -0.755 e. The third-order valence-corrected chi connectivity index (χ3v) is 3.55. The van der Waals surface area contributed by atoms with E-state index >= 15 is 0 Å². The van der Waals surface area contributed by atoms with E-state index in [1.54, 1.807) is 12.1 Å². The SMILES string of the molecule is O=S([O-])Nc1ccc(NCCCCC2CC2)cc1. The molecule has 1 aromatic rings. The van der Waals surface area contributed by atoms with Gasteiger partial charge >= 0.3 is 0 Å². The molecule has 100 valence electrons. The van der Waals surface area contributed by atoms with Crippen molar-refractivity contribution in [2.45, 2.75) is 32.1 Å². The molecule has 0 radical (unpaired) electrons. The smallest absolute Gasteiger partial charge is 0.0453 e. The topological polar surface area (TPSA) is 64.2 Å². The van der Waals surface area contributed by atoms with Crippen LogP contribution >= 0.6 is 0 Å². The molecule has 1 atom stereocenters. The van der Waals surface area contributed by atoms with E-state index in [-0.39, 0.29) is 0 Å². The zero-order valence-electron chi connectivity index (χ0n) is 10.4. The summed E-state index contributed by atoms with van der Waals surface area (Å²) in [5.74, 6) is 1.02. The van der Waals surface area contributed by atoms with Gasteiger partial charge in [0, 0.05) is 29.2 Å². The summed E-state index contributed by atoms with van der Waals surface area (Å²) in [6.45, 7) is 0.979. The quantitative estimate of drug-likeness (QED) is 0.562. The van der Waals surface area contributed by atoms with Crippen molar-refractivity contribution in [3.05, 3.63) is 24.3 Å². The number of hydrogen-bond acceptors (Lipinski definition) is 3. The Bertz CT molecular complexity index is 390. The first kappa shape index (κ1) is 13.4. The van der Waals surface area contributed by atoms with Crippen LogP contribution in [0.25, 0.3) is 0 Å². The maximum atomic E-state index is 10.4. The van der Waals surface area contributed by atoms with Gasteiger partial charge in [0.1, 0.15) is 0 Å². The molecule has 0 bridgehead atoms. The Morgan fingerprint density at radius 3 is 2.44 bits per heavy atom. The number of unbranched alkanes of at least 4 members (excludes halogenated alkanes) is 1. The molecule has 1 aliphatic rings. The molecule has 18 heavy (non-hydrogen) atoms. The zero-order chi connectivity index (χ0) is 12.8. The van der Waals surface area contributed by atoms with Crippen molar-refractivity contribution >= 4 is 22.6 Å². The molecule has 0 heterocycles. The van der Waals surface area contributed by atoms with Crippen LogP contribution in [0.3, 0.4) is 0 Å². The Kier molecular flexibility index (Phi) is 5.01. The number of rotatable bonds is 8. The minimum absolute atomic E-state index is 0.586. The predicted molar refractivity (Wildman–Crippen MR) is 74.0 cm³/mol. The molecule has 4 nitrogen and oxygen atoms in total. The van der Waals surface area contributed by atoms with E-state index in [2.05, 4.69) is 10.0 Å². The summed E-state index contributed by atoms with van der Waals surface area (Å²) in [5.41, 5.74) is 1.62. The Balaban J connectivity index is 1.63. The number of benzene rings is 1. The number of nitrogens with one attached hydrogen (secondary N) is 2. The lowest BCUT2D eigenvalue weighted by Gasteiger charge is -2.10. The lowest BCUT2D eigenvalue weighted by atomic mass is 10.2. The summed E-state index contributed by atoms with van der Waals surface area (Å²) in [7, 11) is 0. The molecule has 5 heteroatoms. The Hall–Kier alpha value is -1.07. The van der Waals surface area contributed by atoms with Gasteiger partial charge < -0.3 is 14.6 Å². The third-order valence-electron chi connectivity index (χ3n) is 3.15. The average molecular weight is 267 g/mol. The Labute approximate surface area is 111 Å². The monoisotopic (exact) mass is 267 g/mol. The van der Waals surface area contributed by atoms with E-state index in [0.717, 1.165) is 18.2 Å². The largest absolute Gasteiger partial charge is 0.755 e. The first-order valence-electron chi connectivity index (χ1n) is 6.44. The van der Waals surface area contributed by atoms with Crippen LogP contribution in [-0.4, -0.2) is 15.3 Å². The lowest BCUT2D eigenvalue weighted by molar-refractivity contribution is 0.542. The van der Waals surface area contributed by atoms with Gasteiger partial charge in [0.15, 0.2) is 0 Å². The fourth-order valence-corrected chi connectivity index (χ4v) is 2.28. The summed E-state index contributed by atoms with van der Waals surface area (Å²) in [6, 6.07) is 7.27. The van der Waals surface area contributed by atoms with Gasteiger partial charge in [-0.1, -0.05) is 25.7 Å². The van der Waals surface area contributed by atoms with E-state index in [4.69, 9.17) is 0 Å². The molecule has 1 unspecified atom stereocenters. The summed E-state index contributed by atoms with van der Waals surface area (Å²) in [4.78, 5) is 0. The molecule has 2 N–H and O–H groups in total. The van der Waals surface area contributed by atoms with Gasteiger partial charge in [0.25, 0.3) is 0 Å². The molecule has 2 rings (SSSR count). The molecule has 1 aliphatic carbocycles. The Morgan fingerprint density at radius 1 is 1.17 bits per heavy atom. The first-order valence-corrected chi connectivity index (χ1v) is 7.51. The van der Waals surface area contributed by atoms with E-state index in [0.29, 0.717) is 5.69 Å². The van der Waals surface area contributed by atoms with Gasteiger partial charge in [-0.05, 0) is 36.6 Å². The standard InChI is InChI=1S/C13H20N2O2S/c16-18(17)15-13-8-6-12(7-9-13)14-10-2-1-3-11-4-5-11/h6-9,11,14-15H,1-5,10H2,(H,16,17)/p-1. The van der Waals surface area contributed by atoms with Crippen LogP contribution in [-0.2, 0) is 11.3 Å². The van der Waals surface area contributed by atoms with Gasteiger partial charge in [-0.15, -0.1) is 0 Å². The van der Waals surface area contributed by atoms with Crippen LogP contribution in [0.1, 0.15) is 32.1 Å². The van der Waals surface area contributed by atoms with Gasteiger partial charge in [-0.25, -0.2) is 0 Å². The molecule has 1 aromatic carbocycles. The van der Waals surface area contributed by atoms with Crippen LogP contribution in [0.2, 0.25) is 0 Å². The highest BCUT2D eigenvalue weighted by Crippen LogP contribution is 2.33. The van der Waals surface area contributed by atoms with Crippen molar-refractivity contribution in [1.82, 2.24) is 0 Å². The minimum atomic E-state index is -2.25. The van der Waals surface area contributed by atoms with Crippen LogP contribution in [0.15, 0.2) is 24.3 Å². The van der Waals surface area contributed by atoms with Gasteiger partial charge in [-0.3, -0.25) is 4.21 Å². The van der Waals surface area contributed by atoms with E-state index < -0.39 is 11.3 Å². The summed E-state index contributed by atoms with van der Waals surface area (Å²) < 4.78 is 23.2. The van der Waals surface area contributed by atoms with Crippen LogP contribution in [0, 0.1) is 5.92 Å². The second-order valence-corrected chi connectivity index (χ2v) is 5.45. The van der Waals surface area contributed by atoms with Crippen LogP contribution < -0.4 is 10.0 Å². The van der Waals surface area contributed by atoms with E-state index in [9.17, 15) is 8.76 Å². The predicted octanol–water partition coefficient (Wildman–Crippen LogP) is 2.88. The summed E-state index contributed by atoms with van der Waals surface area (Å²) >= 11 is -2.25. The average Bonchev–Trinajstić information content (AvgIpc) is 3.14. The van der Waals surface area contributed by atoms with Crippen molar-refractivity contribution in [3.8, 4) is 0 Å². The molecular weight excluding hydrogens is 248 g/mol. The molecule has 0 spiro atoms. The number of anilines is 2. The van der Waals surface area contributed by atoms with Crippen molar-refractivity contribution in [2.24, 2.45) is 5.92 Å². The van der Waals surface area contributed by atoms with Crippen LogP contribution in [0.4, 0.5) is 11.4 Å². The van der Waals surface area contributed by atoms with E-state index in [1.165, 1.54) is 32.1 Å². The molecule has 1 saturated carbocycles. The highest BCUT2D eigenvalue weighted by molar-refractivity contribution is 7.80. The normalized spacial score (nSPS) is 16.3. The molecule has 0 aromatic heterocycles.